The van der Waals surface area contributed by atoms with Crippen LogP contribution in [-0.2, 0) is 0 Å². The summed E-state index contributed by atoms with van der Waals surface area (Å²) in [6.07, 6.45) is 0. The third kappa shape index (κ3) is 3.08. The number of allylic oxidation sites excluding steroid dienone is 1. The molecule has 0 fully saturated rings. The van der Waals surface area contributed by atoms with Gasteiger partial charge in [-0.2, -0.15) is 5.26 Å². The van der Waals surface area contributed by atoms with Crippen molar-refractivity contribution >= 4 is 5.69 Å². The van der Waals surface area contributed by atoms with Gasteiger partial charge >= 0.3 is 0 Å². The minimum Gasteiger partial charge on any atom is -0.440 e. The third-order valence-electron chi connectivity index (χ3n) is 5.07. The van der Waals surface area contributed by atoms with Crippen molar-refractivity contribution in [2.45, 2.75) is 5.92 Å². The summed E-state index contributed by atoms with van der Waals surface area (Å²) in [5, 5.41) is 9.72. The molecular formula is C24H21N3O. The predicted octanol–water partition coefficient (Wildman–Crippen LogP) is 4.64. The van der Waals surface area contributed by atoms with E-state index in [2.05, 4.69) is 42.5 Å². The molecule has 3 aromatic carbocycles. The smallest absolute Gasteiger partial charge is 0.205 e. The van der Waals surface area contributed by atoms with Gasteiger partial charge in [0.25, 0.3) is 0 Å². The molecule has 0 aromatic heterocycles. The molecule has 28 heavy (non-hydrogen) atoms. The van der Waals surface area contributed by atoms with Crippen molar-refractivity contribution in [2.75, 3.05) is 19.0 Å². The average molecular weight is 367 g/mol. The number of anilines is 1. The van der Waals surface area contributed by atoms with E-state index in [9.17, 15) is 5.26 Å². The van der Waals surface area contributed by atoms with E-state index in [1.807, 2.05) is 55.4 Å². The molecule has 1 heterocycles. The van der Waals surface area contributed by atoms with Crippen molar-refractivity contribution in [1.82, 2.24) is 0 Å². The highest BCUT2D eigenvalue weighted by Crippen LogP contribution is 2.43. The van der Waals surface area contributed by atoms with Crippen LogP contribution in [0, 0.1) is 11.3 Å². The normalized spacial score (nSPS) is 15.4. The number of rotatable bonds is 3. The number of benzene rings is 3. The van der Waals surface area contributed by atoms with Crippen molar-refractivity contribution in [3.8, 4) is 22.9 Å². The predicted molar refractivity (Wildman–Crippen MR) is 112 cm³/mol. The highest BCUT2D eigenvalue weighted by atomic mass is 16.5. The first-order valence-corrected chi connectivity index (χ1v) is 9.12. The van der Waals surface area contributed by atoms with E-state index in [1.54, 1.807) is 0 Å². The van der Waals surface area contributed by atoms with Crippen molar-refractivity contribution in [2.24, 2.45) is 5.73 Å². The molecule has 1 atom stereocenters. The Morgan fingerprint density at radius 2 is 1.61 bits per heavy atom. The number of nitrogens with zero attached hydrogens (tertiary/aromatic N) is 2. The van der Waals surface area contributed by atoms with Crippen LogP contribution in [0.1, 0.15) is 17.0 Å². The lowest BCUT2D eigenvalue weighted by molar-refractivity contribution is 0.394. The maximum absolute atomic E-state index is 9.72. The highest BCUT2D eigenvalue weighted by molar-refractivity contribution is 5.66. The van der Waals surface area contributed by atoms with Gasteiger partial charge in [0.2, 0.25) is 5.88 Å². The van der Waals surface area contributed by atoms with E-state index >= 15 is 0 Å². The van der Waals surface area contributed by atoms with Gasteiger partial charge in [-0.15, -0.1) is 0 Å². The number of nitrogens with two attached hydrogens (primary N) is 1. The van der Waals surface area contributed by atoms with Gasteiger partial charge in [0.05, 0.1) is 5.92 Å². The molecule has 2 N–H and O–H groups in total. The lowest BCUT2D eigenvalue weighted by Crippen LogP contribution is -2.21. The van der Waals surface area contributed by atoms with Crippen LogP contribution >= 0.6 is 0 Å². The standard InChI is InChI=1S/C24H21N3O/c1-27(2)19-12-13-20-22(14-19)28-24(26)21(15-25)23(20)18-10-8-17(9-11-18)16-6-4-3-5-7-16/h3-14,23H,26H2,1-2H3/t23-/m0/s1. The minimum absolute atomic E-state index is 0.169. The zero-order valence-corrected chi connectivity index (χ0v) is 15.9. The molecular weight excluding hydrogens is 346 g/mol. The lowest BCUT2D eigenvalue weighted by atomic mass is 9.83. The van der Waals surface area contributed by atoms with E-state index in [0.717, 1.165) is 27.9 Å². The van der Waals surface area contributed by atoms with Crippen LogP contribution in [0.3, 0.4) is 0 Å². The first kappa shape index (κ1) is 17.7. The Labute approximate surface area is 165 Å². The fourth-order valence-electron chi connectivity index (χ4n) is 3.56. The molecule has 138 valence electrons. The quantitative estimate of drug-likeness (QED) is 0.733. The van der Waals surface area contributed by atoms with Crippen LogP contribution in [0.15, 0.2) is 84.3 Å². The second-order valence-electron chi connectivity index (χ2n) is 7.03. The largest absolute Gasteiger partial charge is 0.440 e. The molecule has 0 saturated heterocycles. The van der Waals surface area contributed by atoms with Crippen LogP contribution in [0.4, 0.5) is 5.69 Å². The Morgan fingerprint density at radius 1 is 0.929 bits per heavy atom. The summed E-state index contributed by atoms with van der Waals surface area (Å²) in [5.74, 6) is 0.623. The Bertz CT molecular complexity index is 1080. The molecule has 0 bridgehead atoms. The lowest BCUT2D eigenvalue weighted by Gasteiger charge is -2.27. The van der Waals surface area contributed by atoms with E-state index in [-0.39, 0.29) is 11.8 Å². The summed E-state index contributed by atoms with van der Waals surface area (Å²) in [4.78, 5) is 2.01. The van der Waals surface area contributed by atoms with Crippen LogP contribution in [0.5, 0.6) is 5.75 Å². The van der Waals surface area contributed by atoms with E-state index in [0.29, 0.717) is 11.3 Å². The summed E-state index contributed by atoms with van der Waals surface area (Å²) in [7, 11) is 3.95. The molecule has 4 nitrogen and oxygen atoms in total. The monoisotopic (exact) mass is 367 g/mol. The fourth-order valence-corrected chi connectivity index (χ4v) is 3.56. The van der Waals surface area contributed by atoms with Gasteiger partial charge in [-0.05, 0) is 22.8 Å². The second-order valence-corrected chi connectivity index (χ2v) is 7.03. The molecule has 0 spiro atoms. The molecule has 0 saturated carbocycles. The number of nitriles is 1. The summed E-state index contributed by atoms with van der Waals surface area (Å²) >= 11 is 0. The van der Waals surface area contributed by atoms with Crippen molar-refractivity contribution in [1.29, 1.82) is 5.26 Å². The molecule has 3 aromatic rings. The molecule has 1 aliphatic rings. The van der Waals surface area contributed by atoms with Crippen LogP contribution in [0.2, 0.25) is 0 Å². The van der Waals surface area contributed by atoms with Crippen LogP contribution in [-0.4, -0.2) is 14.1 Å². The molecule has 0 amide bonds. The molecule has 4 heteroatoms. The van der Waals surface area contributed by atoms with Crippen molar-refractivity contribution in [3.63, 3.8) is 0 Å². The zero-order valence-electron chi connectivity index (χ0n) is 15.9. The van der Waals surface area contributed by atoms with Gasteiger partial charge in [0, 0.05) is 31.4 Å². The van der Waals surface area contributed by atoms with Gasteiger partial charge in [0.1, 0.15) is 17.4 Å². The summed E-state index contributed by atoms with van der Waals surface area (Å²) in [6.45, 7) is 0. The van der Waals surface area contributed by atoms with Crippen LogP contribution < -0.4 is 15.4 Å². The summed E-state index contributed by atoms with van der Waals surface area (Å²) < 4.78 is 5.78. The molecule has 4 rings (SSSR count). The van der Waals surface area contributed by atoms with Crippen LogP contribution in [0.25, 0.3) is 11.1 Å². The fraction of sp³-hybridized carbons (Fsp3) is 0.125. The number of hydrogen-bond donors (Lipinski definition) is 1. The number of ether oxygens (including phenoxy) is 1. The Kier molecular flexibility index (Phi) is 4.50. The van der Waals surface area contributed by atoms with Crippen molar-refractivity contribution < 1.29 is 4.74 Å². The maximum atomic E-state index is 9.72. The van der Waals surface area contributed by atoms with Gasteiger partial charge < -0.3 is 15.4 Å². The topological polar surface area (TPSA) is 62.3 Å². The zero-order chi connectivity index (χ0) is 19.7. The average Bonchev–Trinajstić information content (AvgIpc) is 2.73. The number of hydrogen-bond acceptors (Lipinski definition) is 4. The van der Waals surface area contributed by atoms with Gasteiger partial charge in [-0.1, -0.05) is 60.7 Å². The first-order valence-electron chi connectivity index (χ1n) is 9.12. The minimum atomic E-state index is -0.241. The third-order valence-corrected chi connectivity index (χ3v) is 5.07. The summed E-state index contributed by atoms with van der Waals surface area (Å²) in [5.41, 5.74) is 11.8. The molecule has 1 aliphatic heterocycles. The van der Waals surface area contributed by atoms with Gasteiger partial charge in [0.15, 0.2) is 0 Å². The van der Waals surface area contributed by atoms with Gasteiger partial charge in [-0.25, -0.2) is 0 Å². The molecule has 0 unspecified atom stereocenters. The van der Waals surface area contributed by atoms with E-state index in [4.69, 9.17) is 10.5 Å². The Balaban J connectivity index is 1.79. The highest BCUT2D eigenvalue weighted by Gasteiger charge is 2.30. The van der Waals surface area contributed by atoms with Gasteiger partial charge in [-0.3, -0.25) is 0 Å². The molecule has 0 radical (unpaired) electrons. The number of fused-ring (bicyclic) bond motifs is 1. The molecule has 0 aliphatic carbocycles. The van der Waals surface area contributed by atoms with Crippen molar-refractivity contribution in [3.05, 3.63) is 95.4 Å². The maximum Gasteiger partial charge on any atom is 0.205 e. The second kappa shape index (κ2) is 7.13. The SMILES string of the molecule is CN(C)c1ccc2c(c1)OC(N)=C(C#N)[C@H]2c1ccc(-c2ccccc2)cc1. The van der Waals surface area contributed by atoms with E-state index < -0.39 is 0 Å². The summed E-state index contributed by atoms with van der Waals surface area (Å²) in [6, 6.07) is 26.8. The Hall–Kier alpha value is -3.71. The van der Waals surface area contributed by atoms with E-state index in [1.165, 1.54) is 0 Å². The Morgan fingerprint density at radius 3 is 2.25 bits per heavy atom. The first-order chi connectivity index (χ1) is 13.6.